The lowest BCUT2D eigenvalue weighted by atomic mass is 10.1. The van der Waals surface area contributed by atoms with E-state index >= 15 is 0 Å². The molecule has 0 atom stereocenters. The normalized spacial score (nSPS) is 10.6. The van der Waals surface area contributed by atoms with E-state index in [-0.39, 0.29) is 0 Å². The molecule has 1 aromatic heterocycles. The van der Waals surface area contributed by atoms with E-state index in [1.807, 2.05) is 12.3 Å². The van der Waals surface area contributed by atoms with Crippen molar-refractivity contribution in [3.63, 3.8) is 0 Å². The highest BCUT2D eigenvalue weighted by Crippen LogP contribution is 2.23. The van der Waals surface area contributed by atoms with Gasteiger partial charge in [0.05, 0.1) is 5.52 Å². The topological polar surface area (TPSA) is 12.9 Å². The van der Waals surface area contributed by atoms with E-state index in [2.05, 4.69) is 36.4 Å². The molecule has 1 nitrogen and oxygen atoms in total. The largest absolute Gasteiger partial charge is 0.256 e. The van der Waals surface area contributed by atoms with Crippen LogP contribution in [0.15, 0.2) is 35.4 Å². The van der Waals surface area contributed by atoms with Gasteiger partial charge in [0, 0.05) is 16.5 Å². The van der Waals surface area contributed by atoms with E-state index in [1.165, 1.54) is 15.8 Å². The van der Waals surface area contributed by atoms with Gasteiger partial charge in [-0.25, -0.2) is 0 Å². The fourth-order valence-electron chi connectivity index (χ4n) is 1.46. The van der Waals surface area contributed by atoms with Gasteiger partial charge >= 0.3 is 0 Å². The SMILES string of the molecule is CSc1cc(C)c2ncccc2c1. The average molecular weight is 189 g/mol. The standard InChI is InChI=1S/C11H11NS/c1-8-6-10(13-2)7-9-4-3-5-12-11(8)9/h3-7H,1-2H3. The molecule has 0 N–H and O–H groups in total. The van der Waals surface area contributed by atoms with Crippen LogP contribution >= 0.6 is 11.8 Å². The molecule has 0 saturated carbocycles. The van der Waals surface area contributed by atoms with Gasteiger partial charge in [0.25, 0.3) is 0 Å². The van der Waals surface area contributed by atoms with Crippen LogP contribution in [0.5, 0.6) is 0 Å². The van der Waals surface area contributed by atoms with Crippen LogP contribution in [0.4, 0.5) is 0 Å². The summed E-state index contributed by atoms with van der Waals surface area (Å²) in [5.74, 6) is 0. The maximum Gasteiger partial charge on any atom is 0.0731 e. The number of thioether (sulfide) groups is 1. The van der Waals surface area contributed by atoms with Crippen LogP contribution in [-0.2, 0) is 0 Å². The van der Waals surface area contributed by atoms with Crippen molar-refractivity contribution in [1.82, 2.24) is 4.98 Å². The quantitative estimate of drug-likeness (QED) is 0.639. The Labute approximate surface area is 82.2 Å². The zero-order valence-electron chi connectivity index (χ0n) is 7.74. The van der Waals surface area contributed by atoms with Crippen LogP contribution in [0.2, 0.25) is 0 Å². The lowest BCUT2D eigenvalue weighted by Crippen LogP contribution is -1.83. The van der Waals surface area contributed by atoms with E-state index in [1.54, 1.807) is 11.8 Å². The second-order valence-corrected chi connectivity index (χ2v) is 3.90. The van der Waals surface area contributed by atoms with Gasteiger partial charge in [0.2, 0.25) is 0 Å². The molecule has 13 heavy (non-hydrogen) atoms. The second-order valence-electron chi connectivity index (χ2n) is 3.02. The molecular weight excluding hydrogens is 178 g/mol. The van der Waals surface area contributed by atoms with Crippen molar-refractivity contribution in [3.8, 4) is 0 Å². The Hall–Kier alpha value is -1.02. The molecule has 66 valence electrons. The molecule has 2 heteroatoms. The van der Waals surface area contributed by atoms with Crippen molar-refractivity contribution in [2.45, 2.75) is 11.8 Å². The van der Waals surface area contributed by atoms with Crippen molar-refractivity contribution in [1.29, 1.82) is 0 Å². The molecule has 1 heterocycles. The van der Waals surface area contributed by atoms with Gasteiger partial charge in [-0.1, -0.05) is 6.07 Å². The first-order valence-electron chi connectivity index (χ1n) is 4.20. The van der Waals surface area contributed by atoms with E-state index in [4.69, 9.17) is 0 Å². The van der Waals surface area contributed by atoms with E-state index in [0.29, 0.717) is 0 Å². The fraction of sp³-hybridized carbons (Fsp3) is 0.182. The summed E-state index contributed by atoms with van der Waals surface area (Å²) in [5.41, 5.74) is 2.36. The molecule has 0 bridgehead atoms. The average Bonchev–Trinajstić information content (AvgIpc) is 2.18. The molecular formula is C11H11NS. The van der Waals surface area contributed by atoms with Crippen LogP contribution < -0.4 is 0 Å². The summed E-state index contributed by atoms with van der Waals surface area (Å²) in [4.78, 5) is 5.65. The maximum absolute atomic E-state index is 4.35. The Balaban J connectivity index is 2.77. The van der Waals surface area contributed by atoms with Crippen molar-refractivity contribution in [2.24, 2.45) is 0 Å². The van der Waals surface area contributed by atoms with E-state index in [9.17, 15) is 0 Å². The molecule has 0 aliphatic rings. The van der Waals surface area contributed by atoms with Crippen LogP contribution in [0.3, 0.4) is 0 Å². The van der Waals surface area contributed by atoms with Crippen molar-refractivity contribution < 1.29 is 0 Å². The van der Waals surface area contributed by atoms with Crippen LogP contribution in [0.1, 0.15) is 5.56 Å². The highest BCUT2D eigenvalue weighted by Gasteiger charge is 1.99. The summed E-state index contributed by atoms with van der Waals surface area (Å²) in [7, 11) is 0. The molecule has 1 aromatic carbocycles. The Morgan fingerprint density at radius 2 is 2.15 bits per heavy atom. The molecule has 0 aliphatic carbocycles. The highest BCUT2D eigenvalue weighted by atomic mass is 32.2. The predicted molar refractivity (Wildman–Crippen MR) is 58.3 cm³/mol. The number of pyridine rings is 1. The third kappa shape index (κ3) is 1.54. The fourth-order valence-corrected chi connectivity index (χ4v) is 2.00. The van der Waals surface area contributed by atoms with Gasteiger partial charge in [-0.05, 0) is 36.9 Å². The van der Waals surface area contributed by atoms with Gasteiger partial charge in [0.1, 0.15) is 0 Å². The number of rotatable bonds is 1. The zero-order valence-corrected chi connectivity index (χ0v) is 8.56. The first-order chi connectivity index (χ1) is 6.31. The molecule has 2 aromatic rings. The Morgan fingerprint density at radius 1 is 1.31 bits per heavy atom. The summed E-state index contributed by atoms with van der Waals surface area (Å²) in [5, 5.41) is 1.23. The van der Waals surface area contributed by atoms with Crippen molar-refractivity contribution >= 4 is 22.7 Å². The summed E-state index contributed by atoms with van der Waals surface area (Å²) in [6, 6.07) is 8.45. The lowest BCUT2D eigenvalue weighted by molar-refractivity contribution is 1.33. The monoisotopic (exact) mass is 189 g/mol. The van der Waals surface area contributed by atoms with E-state index in [0.717, 1.165) is 5.52 Å². The minimum absolute atomic E-state index is 1.11. The Bertz CT molecular complexity index is 437. The summed E-state index contributed by atoms with van der Waals surface area (Å²) in [6.07, 6.45) is 3.94. The number of aryl methyl sites for hydroxylation is 1. The van der Waals surface area contributed by atoms with Crippen molar-refractivity contribution in [3.05, 3.63) is 36.0 Å². The molecule has 0 unspecified atom stereocenters. The van der Waals surface area contributed by atoms with Gasteiger partial charge in [-0.3, -0.25) is 4.98 Å². The third-order valence-electron chi connectivity index (χ3n) is 2.10. The van der Waals surface area contributed by atoms with Gasteiger partial charge in [-0.15, -0.1) is 11.8 Å². The van der Waals surface area contributed by atoms with Gasteiger partial charge in [0.15, 0.2) is 0 Å². The molecule has 0 saturated heterocycles. The molecule has 0 aliphatic heterocycles. The molecule has 0 spiro atoms. The van der Waals surface area contributed by atoms with Crippen molar-refractivity contribution in [2.75, 3.05) is 6.26 Å². The zero-order chi connectivity index (χ0) is 9.26. The molecule has 0 fully saturated rings. The molecule has 0 amide bonds. The van der Waals surface area contributed by atoms with E-state index < -0.39 is 0 Å². The first-order valence-corrected chi connectivity index (χ1v) is 5.43. The number of fused-ring (bicyclic) bond motifs is 1. The lowest BCUT2D eigenvalue weighted by Gasteiger charge is -2.03. The highest BCUT2D eigenvalue weighted by molar-refractivity contribution is 7.98. The first kappa shape index (κ1) is 8.57. The van der Waals surface area contributed by atoms with Gasteiger partial charge < -0.3 is 0 Å². The second kappa shape index (κ2) is 3.38. The molecule has 2 rings (SSSR count). The van der Waals surface area contributed by atoms with Crippen LogP contribution in [-0.4, -0.2) is 11.2 Å². The number of benzene rings is 1. The maximum atomic E-state index is 4.35. The molecule has 0 radical (unpaired) electrons. The predicted octanol–water partition coefficient (Wildman–Crippen LogP) is 3.27. The number of aromatic nitrogens is 1. The summed E-state index contributed by atoms with van der Waals surface area (Å²) in [6.45, 7) is 2.11. The number of nitrogens with zero attached hydrogens (tertiary/aromatic N) is 1. The number of hydrogen-bond donors (Lipinski definition) is 0. The third-order valence-corrected chi connectivity index (χ3v) is 2.81. The Kier molecular flexibility index (Phi) is 2.23. The minimum Gasteiger partial charge on any atom is -0.256 e. The summed E-state index contributed by atoms with van der Waals surface area (Å²) >= 11 is 1.77. The Morgan fingerprint density at radius 3 is 2.92 bits per heavy atom. The van der Waals surface area contributed by atoms with Crippen LogP contribution in [0.25, 0.3) is 10.9 Å². The smallest absolute Gasteiger partial charge is 0.0731 e. The number of hydrogen-bond acceptors (Lipinski definition) is 2. The minimum atomic E-state index is 1.11. The summed E-state index contributed by atoms with van der Waals surface area (Å²) < 4.78 is 0. The van der Waals surface area contributed by atoms with Gasteiger partial charge in [-0.2, -0.15) is 0 Å². The van der Waals surface area contributed by atoms with Crippen LogP contribution in [0, 0.1) is 6.92 Å².